The highest BCUT2D eigenvalue weighted by Crippen LogP contribution is 2.23. The molecule has 0 radical (unpaired) electrons. The topological polar surface area (TPSA) is 104 Å². The Balaban J connectivity index is 1.89. The summed E-state index contributed by atoms with van der Waals surface area (Å²) in [6, 6.07) is 12.5. The lowest BCUT2D eigenvalue weighted by atomic mass is 9.95. The van der Waals surface area contributed by atoms with Crippen molar-refractivity contribution in [3.8, 4) is 5.69 Å². The fourth-order valence-corrected chi connectivity index (χ4v) is 3.22. The maximum Gasteiger partial charge on any atom is 0.305 e. The Morgan fingerprint density at radius 3 is 2.52 bits per heavy atom. The number of carboxylic acids is 1. The van der Waals surface area contributed by atoms with Gasteiger partial charge in [-0.1, -0.05) is 29.8 Å². The molecule has 0 aliphatic heterocycles. The van der Waals surface area contributed by atoms with Crippen molar-refractivity contribution in [2.75, 3.05) is 0 Å². The minimum absolute atomic E-state index is 0.0330. The van der Waals surface area contributed by atoms with Crippen LogP contribution in [-0.2, 0) is 4.79 Å². The first kappa shape index (κ1) is 20.4. The van der Waals surface area contributed by atoms with Crippen LogP contribution in [0, 0.1) is 13.8 Å². The molecule has 3 aromatic rings. The average Bonchev–Trinajstić information content (AvgIpc) is 3.05. The number of carbonyl (C=O) groups is 2. The number of nitrogens with zero attached hydrogens (tertiary/aromatic N) is 1. The third-order valence-corrected chi connectivity index (χ3v) is 5.01. The number of halogens is 1. The second-order valence-electron chi connectivity index (χ2n) is 6.73. The van der Waals surface area contributed by atoms with Crippen molar-refractivity contribution < 1.29 is 14.7 Å². The molecule has 7 nitrogen and oxygen atoms in total. The predicted molar refractivity (Wildman–Crippen MR) is 110 cm³/mol. The molecule has 0 saturated heterocycles. The van der Waals surface area contributed by atoms with Crippen LogP contribution in [0.15, 0.2) is 53.3 Å². The SMILES string of the molecule is Cc1cccc(C(CC(=O)O)NC(=O)c2cc(=O)n(-c3ccc(Cl)cc3)[nH]2)c1C. The summed E-state index contributed by atoms with van der Waals surface area (Å²) in [5.41, 5.74) is 2.76. The zero-order valence-electron chi connectivity index (χ0n) is 15.9. The Hall–Kier alpha value is -3.32. The van der Waals surface area contributed by atoms with Crippen LogP contribution < -0.4 is 10.9 Å². The van der Waals surface area contributed by atoms with Crippen molar-refractivity contribution in [3.05, 3.63) is 86.3 Å². The Labute approximate surface area is 171 Å². The Morgan fingerprint density at radius 1 is 1.17 bits per heavy atom. The van der Waals surface area contributed by atoms with Crippen LogP contribution in [0.5, 0.6) is 0 Å². The zero-order chi connectivity index (χ0) is 21.1. The van der Waals surface area contributed by atoms with Gasteiger partial charge in [0.2, 0.25) is 0 Å². The minimum atomic E-state index is -1.04. The number of nitrogens with one attached hydrogen (secondary N) is 2. The van der Waals surface area contributed by atoms with Crippen molar-refractivity contribution in [1.82, 2.24) is 15.1 Å². The lowest BCUT2D eigenvalue weighted by Gasteiger charge is -2.20. The molecular formula is C21H20ClN3O4. The van der Waals surface area contributed by atoms with E-state index in [9.17, 15) is 19.5 Å². The van der Waals surface area contributed by atoms with Crippen LogP contribution in [0.3, 0.4) is 0 Å². The number of H-pyrrole nitrogens is 1. The molecule has 0 bridgehead atoms. The molecule has 1 aromatic heterocycles. The molecular weight excluding hydrogens is 394 g/mol. The zero-order valence-corrected chi connectivity index (χ0v) is 16.7. The number of amides is 1. The molecule has 8 heteroatoms. The number of hydrogen-bond donors (Lipinski definition) is 3. The summed E-state index contributed by atoms with van der Waals surface area (Å²) in [5.74, 6) is -1.61. The largest absolute Gasteiger partial charge is 0.481 e. The van der Waals surface area contributed by atoms with Crippen molar-refractivity contribution in [2.45, 2.75) is 26.3 Å². The highest BCUT2D eigenvalue weighted by Gasteiger charge is 2.22. The van der Waals surface area contributed by atoms with Gasteiger partial charge in [-0.3, -0.25) is 19.5 Å². The number of hydrogen-bond acceptors (Lipinski definition) is 3. The fourth-order valence-electron chi connectivity index (χ4n) is 3.09. The van der Waals surface area contributed by atoms with Gasteiger partial charge in [-0.25, -0.2) is 4.68 Å². The van der Waals surface area contributed by atoms with Crippen LogP contribution in [0.4, 0.5) is 0 Å². The molecule has 2 aromatic carbocycles. The van der Waals surface area contributed by atoms with Crippen LogP contribution in [-0.4, -0.2) is 26.8 Å². The number of carbonyl (C=O) groups excluding carboxylic acids is 1. The summed E-state index contributed by atoms with van der Waals surface area (Å²) in [6.45, 7) is 3.80. The smallest absolute Gasteiger partial charge is 0.305 e. The molecule has 3 N–H and O–H groups in total. The number of aryl methyl sites for hydroxylation is 1. The van der Waals surface area contributed by atoms with E-state index in [2.05, 4.69) is 10.4 Å². The van der Waals surface area contributed by atoms with Crippen molar-refractivity contribution in [1.29, 1.82) is 0 Å². The highest BCUT2D eigenvalue weighted by molar-refractivity contribution is 6.30. The summed E-state index contributed by atoms with van der Waals surface area (Å²) < 4.78 is 1.22. The highest BCUT2D eigenvalue weighted by atomic mass is 35.5. The van der Waals surface area contributed by atoms with Gasteiger partial charge in [0.1, 0.15) is 5.69 Å². The number of aliphatic carboxylic acids is 1. The van der Waals surface area contributed by atoms with Crippen molar-refractivity contribution >= 4 is 23.5 Å². The lowest BCUT2D eigenvalue weighted by molar-refractivity contribution is -0.137. The molecule has 0 aliphatic rings. The summed E-state index contributed by atoms with van der Waals surface area (Å²) in [5, 5.41) is 15.3. The van der Waals surface area contributed by atoms with E-state index in [1.165, 1.54) is 10.7 Å². The van der Waals surface area contributed by atoms with E-state index in [-0.39, 0.29) is 12.1 Å². The lowest BCUT2D eigenvalue weighted by Crippen LogP contribution is -2.31. The number of benzene rings is 2. The summed E-state index contributed by atoms with van der Waals surface area (Å²) in [7, 11) is 0. The second kappa shape index (κ2) is 8.36. The van der Waals surface area contributed by atoms with E-state index in [0.29, 0.717) is 10.7 Å². The number of carboxylic acid groups (broad SMARTS) is 1. The van der Waals surface area contributed by atoms with Gasteiger partial charge in [0.25, 0.3) is 11.5 Å². The van der Waals surface area contributed by atoms with Crippen LogP contribution in [0.1, 0.15) is 39.6 Å². The molecule has 0 fully saturated rings. The number of aromatic amines is 1. The molecule has 1 heterocycles. The van der Waals surface area contributed by atoms with Gasteiger partial charge in [0, 0.05) is 11.1 Å². The molecule has 0 aliphatic carbocycles. The standard InChI is InChI=1S/C21H20ClN3O4/c1-12-4-3-5-16(13(12)2)17(11-20(27)28)23-21(29)18-10-19(26)25(24-18)15-8-6-14(22)7-9-15/h3-10,17,24H,11H2,1-2H3,(H,23,29)(H,27,28). The van der Waals surface area contributed by atoms with Crippen molar-refractivity contribution in [3.63, 3.8) is 0 Å². The molecule has 1 atom stereocenters. The molecule has 150 valence electrons. The van der Waals surface area contributed by atoms with Crippen LogP contribution in [0.2, 0.25) is 5.02 Å². The molecule has 0 saturated carbocycles. The third kappa shape index (κ3) is 4.57. The average molecular weight is 414 g/mol. The van der Waals surface area contributed by atoms with Gasteiger partial charge >= 0.3 is 5.97 Å². The van der Waals surface area contributed by atoms with E-state index in [1.807, 2.05) is 26.0 Å². The maximum absolute atomic E-state index is 12.7. The van der Waals surface area contributed by atoms with Gasteiger partial charge < -0.3 is 10.4 Å². The van der Waals surface area contributed by atoms with Crippen LogP contribution in [0.25, 0.3) is 5.69 Å². The normalized spacial score (nSPS) is 11.8. The van der Waals surface area contributed by atoms with Gasteiger partial charge in [-0.2, -0.15) is 0 Å². The number of rotatable bonds is 6. The minimum Gasteiger partial charge on any atom is -0.481 e. The van der Waals surface area contributed by atoms with E-state index >= 15 is 0 Å². The van der Waals surface area contributed by atoms with Crippen molar-refractivity contribution in [2.24, 2.45) is 0 Å². The Kier molecular flexibility index (Phi) is 5.89. The van der Waals surface area contributed by atoms with E-state index < -0.39 is 23.5 Å². The number of aromatic nitrogens is 2. The van der Waals surface area contributed by atoms with Crippen LogP contribution >= 0.6 is 11.6 Å². The monoisotopic (exact) mass is 413 g/mol. The van der Waals surface area contributed by atoms with E-state index in [4.69, 9.17) is 11.6 Å². The first-order chi connectivity index (χ1) is 13.8. The first-order valence-electron chi connectivity index (χ1n) is 8.93. The van der Waals surface area contributed by atoms with E-state index in [0.717, 1.165) is 16.7 Å². The van der Waals surface area contributed by atoms with Gasteiger partial charge in [0.15, 0.2) is 0 Å². The Morgan fingerprint density at radius 2 is 1.86 bits per heavy atom. The predicted octanol–water partition coefficient (Wildman–Crippen LogP) is 3.38. The van der Waals surface area contributed by atoms with Gasteiger partial charge in [0.05, 0.1) is 18.2 Å². The summed E-state index contributed by atoms with van der Waals surface area (Å²) in [6.07, 6.45) is -0.280. The van der Waals surface area contributed by atoms with E-state index in [1.54, 1.807) is 30.3 Å². The molecule has 1 unspecified atom stereocenters. The quantitative estimate of drug-likeness (QED) is 0.576. The summed E-state index contributed by atoms with van der Waals surface area (Å²) >= 11 is 5.87. The first-order valence-corrected chi connectivity index (χ1v) is 9.31. The fraction of sp³-hybridized carbons (Fsp3) is 0.190. The second-order valence-corrected chi connectivity index (χ2v) is 7.17. The third-order valence-electron chi connectivity index (χ3n) is 4.76. The Bertz CT molecular complexity index is 1120. The van der Waals surface area contributed by atoms with Gasteiger partial charge in [-0.15, -0.1) is 0 Å². The maximum atomic E-state index is 12.7. The summed E-state index contributed by atoms with van der Waals surface area (Å²) in [4.78, 5) is 36.4. The molecule has 3 rings (SSSR count). The molecule has 1 amide bonds. The molecule has 29 heavy (non-hydrogen) atoms. The molecule has 0 spiro atoms. The van der Waals surface area contributed by atoms with Gasteiger partial charge in [-0.05, 0) is 54.8 Å².